The van der Waals surface area contributed by atoms with Crippen LogP contribution in [0.4, 0.5) is 0 Å². The third kappa shape index (κ3) is 1.31. The number of ether oxygens (including phenoxy) is 1. The van der Waals surface area contributed by atoms with Gasteiger partial charge in [-0.3, -0.25) is 0 Å². The number of methoxy groups -OCH3 is 1. The predicted molar refractivity (Wildman–Crippen MR) is 55.2 cm³/mol. The van der Waals surface area contributed by atoms with Crippen molar-refractivity contribution >= 4 is 10.9 Å². The van der Waals surface area contributed by atoms with Gasteiger partial charge in [-0.25, -0.2) is 6.57 Å². The van der Waals surface area contributed by atoms with E-state index >= 15 is 0 Å². The highest BCUT2D eigenvalue weighted by atomic mass is 16.5. The number of hydrogen-bond acceptors (Lipinski definition) is 1. The van der Waals surface area contributed by atoms with Crippen molar-refractivity contribution in [2.75, 3.05) is 7.11 Å². The molecular weight excluding hydrogens is 176 g/mol. The minimum Gasteiger partial charge on any atom is -0.497 e. The Kier molecular flexibility index (Phi) is 2.11. The number of fused-ring (bicyclic) bond motifs is 1. The number of aromatic nitrogens is 1. The molecule has 3 nitrogen and oxygen atoms in total. The molecule has 0 aliphatic carbocycles. The zero-order valence-corrected chi connectivity index (χ0v) is 7.87. The lowest BCUT2D eigenvalue weighted by atomic mass is 10.1. The molecule has 0 fully saturated rings. The molecular formula is C11H10N2O. The van der Waals surface area contributed by atoms with E-state index in [2.05, 4.69) is 9.83 Å². The molecule has 0 bridgehead atoms. The van der Waals surface area contributed by atoms with Crippen LogP contribution < -0.4 is 4.74 Å². The van der Waals surface area contributed by atoms with Crippen molar-refractivity contribution in [1.29, 1.82) is 0 Å². The number of hydrogen-bond donors (Lipinski definition) is 1. The number of rotatable bonds is 2. The van der Waals surface area contributed by atoms with E-state index < -0.39 is 0 Å². The van der Waals surface area contributed by atoms with E-state index in [-0.39, 0.29) is 0 Å². The fourth-order valence-corrected chi connectivity index (χ4v) is 1.50. The number of benzene rings is 1. The minimum absolute atomic E-state index is 0.410. The van der Waals surface area contributed by atoms with Gasteiger partial charge in [0, 0.05) is 17.1 Å². The molecule has 1 N–H and O–H groups in total. The summed E-state index contributed by atoms with van der Waals surface area (Å²) >= 11 is 0. The second-order valence-electron chi connectivity index (χ2n) is 3.04. The minimum atomic E-state index is 0.410. The van der Waals surface area contributed by atoms with Crippen LogP contribution in [-0.4, -0.2) is 12.1 Å². The molecule has 0 amide bonds. The fraction of sp³-hybridized carbons (Fsp3) is 0.182. The maximum Gasteiger partial charge on any atom is 0.241 e. The quantitative estimate of drug-likeness (QED) is 0.718. The molecule has 1 aromatic carbocycles. The highest BCUT2D eigenvalue weighted by Crippen LogP contribution is 2.23. The average Bonchev–Trinajstić information content (AvgIpc) is 2.61. The van der Waals surface area contributed by atoms with Crippen LogP contribution in [0, 0.1) is 6.57 Å². The van der Waals surface area contributed by atoms with Crippen molar-refractivity contribution in [2.24, 2.45) is 0 Å². The van der Waals surface area contributed by atoms with Crippen molar-refractivity contribution in [2.45, 2.75) is 6.54 Å². The standard InChI is InChI=1S/C11H10N2O/c1-12-6-8-7-13-11-4-3-9(14-2)5-10(8)11/h3-5,7,13H,6H2,2H3. The molecule has 1 heterocycles. The van der Waals surface area contributed by atoms with Gasteiger partial charge in [-0.05, 0) is 18.2 Å². The number of H-pyrrole nitrogens is 1. The van der Waals surface area contributed by atoms with Gasteiger partial charge in [-0.1, -0.05) is 0 Å². The van der Waals surface area contributed by atoms with Crippen LogP contribution in [0.2, 0.25) is 0 Å². The van der Waals surface area contributed by atoms with Crippen molar-refractivity contribution in [3.05, 3.63) is 41.4 Å². The normalized spacial score (nSPS) is 10.0. The van der Waals surface area contributed by atoms with Gasteiger partial charge in [0.15, 0.2) is 0 Å². The van der Waals surface area contributed by atoms with E-state index in [1.54, 1.807) is 7.11 Å². The summed E-state index contributed by atoms with van der Waals surface area (Å²) in [5.41, 5.74) is 2.07. The summed E-state index contributed by atoms with van der Waals surface area (Å²) in [7, 11) is 1.64. The van der Waals surface area contributed by atoms with Crippen LogP contribution in [0.15, 0.2) is 24.4 Å². The first-order valence-corrected chi connectivity index (χ1v) is 4.32. The summed E-state index contributed by atoms with van der Waals surface area (Å²) in [6.45, 7) is 7.24. The van der Waals surface area contributed by atoms with E-state index in [0.717, 1.165) is 22.2 Å². The first-order chi connectivity index (χ1) is 6.85. The molecule has 2 rings (SSSR count). The fourth-order valence-electron chi connectivity index (χ4n) is 1.50. The Hall–Kier alpha value is -1.95. The van der Waals surface area contributed by atoms with Crippen LogP contribution in [-0.2, 0) is 6.54 Å². The lowest BCUT2D eigenvalue weighted by molar-refractivity contribution is 0.415. The first kappa shape index (κ1) is 8.64. The van der Waals surface area contributed by atoms with Crippen molar-refractivity contribution < 1.29 is 4.74 Å². The number of nitrogens with zero attached hydrogens (tertiary/aromatic N) is 1. The molecule has 0 saturated carbocycles. The molecule has 0 aliphatic heterocycles. The second-order valence-corrected chi connectivity index (χ2v) is 3.04. The second kappa shape index (κ2) is 3.43. The van der Waals surface area contributed by atoms with E-state index in [1.165, 1.54) is 0 Å². The van der Waals surface area contributed by atoms with Gasteiger partial charge in [0.2, 0.25) is 6.54 Å². The Morgan fingerprint density at radius 2 is 2.36 bits per heavy atom. The molecule has 0 atom stereocenters. The predicted octanol–water partition coefficient (Wildman–Crippen LogP) is 2.60. The van der Waals surface area contributed by atoms with Gasteiger partial charge >= 0.3 is 0 Å². The molecule has 0 radical (unpaired) electrons. The van der Waals surface area contributed by atoms with Crippen LogP contribution >= 0.6 is 0 Å². The van der Waals surface area contributed by atoms with Gasteiger partial charge in [-0.15, -0.1) is 0 Å². The van der Waals surface area contributed by atoms with E-state index in [9.17, 15) is 0 Å². The summed E-state index contributed by atoms with van der Waals surface area (Å²) in [6.07, 6.45) is 1.88. The van der Waals surface area contributed by atoms with Crippen LogP contribution in [0.3, 0.4) is 0 Å². The number of nitrogens with one attached hydrogen (secondary N) is 1. The topological polar surface area (TPSA) is 29.4 Å². The summed E-state index contributed by atoms with van der Waals surface area (Å²) in [5, 5.41) is 1.07. The van der Waals surface area contributed by atoms with Gasteiger partial charge in [0.05, 0.1) is 12.7 Å². The molecule has 0 unspecified atom stereocenters. The van der Waals surface area contributed by atoms with Crippen LogP contribution in [0.5, 0.6) is 5.75 Å². The zero-order chi connectivity index (χ0) is 9.97. The van der Waals surface area contributed by atoms with Crippen molar-refractivity contribution in [3.8, 4) is 5.75 Å². The summed E-state index contributed by atoms with van der Waals surface area (Å²) in [6, 6.07) is 5.81. The summed E-state index contributed by atoms with van der Waals surface area (Å²) in [5.74, 6) is 0.823. The Morgan fingerprint density at radius 3 is 3.07 bits per heavy atom. The molecule has 3 heteroatoms. The van der Waals surface area contributed by atoms with E-state index in [0.29, 0.717) is 6.54 Å². The molecule has 70 valence electrons. The molecule has 14 heavy (non-hydrogen) atoms. The zero-order valence-electron chi connectivity index (χ0n) is 7.87. The van der Waals surface area contributed by atoms with Crippen molar-refractivity contribution in [1.82, 2.24) is 4.98 Å². The largest absolute Gasteiger partial charge is 0.497 e. The molecule has 0 saturated heterocycles. The third-order valence-electron chi connectivity index (χ3n) is 2.22. The van der Waals surface area contributed by atoms with Crippen LogP contribution in [0.1, 0.15) is 5.56 Å². The smallest absolute Gasteiger partial charge is 0.241 e. The first-order valence-electron chi connectivity index (χ1n) is 4.32. The average molecular weight is 186 g/mol. The molecule has 0 aliphatic rings. The molecule has 2 aromatic rings. The third-order valence-corrected chi connectivity index (χ3v) is 2.22. The van der Waals surface area contributed by atoms with Crippen LogP contribution in [0.25, 0.3) is 15.7 Å². The Balaban J connectivity index is 2.59. The maximum absolute atomic E-state index is 6.83. The Morgan fingerprint density at radius 1 is 1.50 bits per heavy atom. The number of aromatic amines is 1. The Bertz CT molecular complexity index is 493. The van der Waals surface area contributed by atoms with Crippen molar-refractivity contribution in [3.63, 3.8) is 0 Å². The van der Waals surface area contributed by atoms with Gasteiger partial charge in [0.1, 0.15) is 5.75 Å². The van der Waals surface area contributed by atoms with E-state index in [1.807, 2.05) is 24.4 Å². The summed E-state index contributed by atoms with van der Waals surface area (Å²) < 4.78 is 5.13. The van der Waals surface area contributed by atoms with E-state index in [4.69, 9.17) is 11.3 Å². The Labute approximate surface area is 82.1 Å². The molecule has 1 aromatic heterocycles. The SMILES string of the molecule is [C-]#[N+]Cc1c[nH]c2ccc(OC)cc12. The monoisotopic (exact) mass is 186 g/mol. The summed E-state index contributed by atoms with van der Waals surface area (Å²) in [4.78, 5) is 6.50. The van der Waals surface area contributed by atoms with Gasteiger partial charge in [0.25, 0.3) is 0 Å². The lowest BCUT2D eigenvalue weighted by Crippen LogP contribution is -1.82. The van der Waals surface area contributed by atoms with Gasteiger partial charge < -0.3 is 14.6 Å². The molecule has 0 spiro atoms. The lowest BCUT2D eigenvalue weighted by Gasteiger charge is -1.98. The highest BCUT2D eigenvalue weighted by molar-refractivity contribution is 5.84. The van der Waals surface area contributed by atoms with Gasteiger partial charge in [-0.2, -0.15) is 0 Å². The highest BCUT2D eigenvalue weighted by Gasteiger charge is 2.06. The maximum atomic E-state index is 6.83.